The van der Waals surface area contributed by atoms with Crippen molar-refractivity contribution < 1.29 is 14.4 Å². The molecule has 1 aliphatic carbocycles. The molecule has 0 aromatic heterocycles. The van der Waals surface area contributed by atoms with Crippen molar-refractivity contribution in [3.63, 3.8) is 0 Å². The smallest absolute Gasteiger partial charge is 0.256 e. The van der Waals surface area contributed by atoms with Gasteiger partial charge in [-0.3, -0.25) is 14.4 Å². The Morgan fingerprint density at radius 2 is 1.78 bits per heavy atom. The number of benzene rings is 2. The zero-order chi connectivity index (χ0) is 22.5. The Morgan fingerprint density at radius 1 is 1.09 bits per heavy atom. The molecule has 0 bridgehead atoms. The summed E-state index contributed by atoms with van der Waals surface area (Å²) in [6, 6.07) is 16.1. The van der Waals surface area contributed by atoms with Crippen molar-refractivity contribution >= 4 is 29.5 Å². The number of rotatable bonds is 6. The van der Waals surface area contributed by atoms with E-state index < -0.39 is 16.8 Å². The highest BCUT2D eigenvalue weighted by molar-refractivity contribution is 8.01. The summed E-state index contributed by atoms with van der Waals surface area (Å²) in [5, 5.41) is 5.84. The van der Waals surface area contributed by atoms with Gasteiger partial charge in [0.2, 0.25) is 11.8 Å². The van der Waals surface area contributed by atoms with Gasteiger partial charge in [0.1, 0.15) is 17.5 Å². The van der Waals surface area contributed by atoms with Crippen LogP contribution in [0.3, 0.4) is 0 Å². The average Bonchev–Trinajstić information content (AvgIpc) is 3.49. The Hall–Kier alpha value is -2.80. The van der Waals surface area contributed by atoms with Crippen LogP contribution in [0.2, 0.25) is 0 Å². The fraction of sp³-hybridized carbons (Fsp3) is 0.400. The molecule has 7 heteroatoms. The summed E-state index contributed by atoms with van der Waals surface area (Å²) in [7, 11) is 0. The molecule has 2 aromatic rings. The van der Waals surface area contributed by atoms with Gasteiger partial charge in [0.25, 0.3) is 5.91 Å². The third kappa shape index (κ3) is 3.79. The van der Waals surface area contributed by atoms with Crippen LogP contribution in [-0.2, 0) is 16.0 Å². The van der Waals surface area contributed by atoms with E-state index >= 15 is 0 Å². The molecule has 0 radical (unpaired) electrons. The van der Waals surface area contributed by atoms with Crippen LogP contribution in [0, 0.1) is 0 Å². The molecule has 0 spiro atoms. The predicted octanol–water partition coefficient (Wildman–Crippen LogP) is 3.04. The molecule has 6 nitrogen and oxygen atoms in total. The van der Waals surface area contributed by atoms with Gasteiger partial charge in [0, 0.05) is 22.8 Å². The lowest BCUT2D eigenvalue weighted by molar-refractivity contribution is -0.131. The highest BCUT2D eigenvalue weighted by Gasteiger charge is 2.57. The molecule has 1 saturated carbocycles. The van der Waals surface area contributed by atoms with E-state index in [1.807, 2.05) is 68.4 Å². The van der Waals surface area contributed by atoms with Crippen molar-refractivity contribution in [2.45, 2.75) is 61.4 Å². The molecule has 5 rings (SSSR count). The van der Waals surface area contributed by atoms with Gasteiger partial charge in [0.05, 0.1) is 0 Å². The number of carbonyl (C=O) groups excluding carboxylic acids is 3. The second-order valence-corrected chi connectivity index (χ2v) is 11.0. The number of nitrogens with zero attached hydrogens (tertiary/aromatic N) is 1. The van der Waals surface area contributed by atoms with Crippen molar-refractivity contribution in [2.24, 2.45) is 0 Å². The molecule has 166 valence electrons. The molecule has 0 unspecified atom stereocenters. The van der Waals surface area contributed by atoms with E-state index in [9.17, 15) is 14.4 Å². The molecular formula is C25H27N3O3S. The number of hydrogen-bond acceptors (Lipinski definition) is 4. The first-order chi connectivity index (χ1) is 15.3. The van der Waals surface area contributed by atoms with Gasteiger partial charge in [-0.15, -0.1) is 11.8 Å². The Bertz CT molecular complexity index is 1070. The Balaban J connectivity index is 1.39. The summed E-state index contributed by atoms with van der Waals surface area (Å²) in [5.74, 6) is -0.565. The molecule has 3 atom stereocenters. The van der Waals surface area contributed by atoms with Gasteiger partial charge < -0.3 is 15.5 Å². The molecule has 2 fully saturated rings. The largest absolute Gasteiger partial charge is 0.352 e. The Morgan fingerprint density at radius 3 is 2.50 bits per heavy atom. The molecule has 2 aromatic carbocycles. The van der Waals surface area contributed by atoms with Crippen molar-refractivity contribution in [3.8, 4) is 0 Å². The van der Waals surface area contributed by atoms with E-state index in [2.05, 4.69) is 10.6 Å². The number of nitrogens with one attached hydrogen (secondary N) is 2. The highest BCUT2D eigenvalue weighted by Crippen LogP contribution is 2.56. The van der Waals surface area contributed by atoms with Gasteiger partial charge in [-0.25, -0.2) is 0 Å². The predicted molar refractivity (Wildman–Crippen MR) is 124 cm³/mol. The average molecular weight is 450 g/mol. The van der Waals surface area contributed by atoms with Crippen LogP contribution in [0.25, 0.3) is 0 Å². The fourth-order valence-corrected chi connectivity index (χ4v) is 6.23. The van der Waals surface area contributed by atoms with Crippen LogP contribution in [0.4, 0.5) is 0 Å². The molecule has 2 N–H and O–H groups in total. The number of thioether (sulfide) groups is 1. The summed E-state index contributed by atoms with van der Waals surface area (Å²) in [6.07, 6.45) is 2.36. The van der Waals surface area contributed by atoms with Gasteiger partial charge in [-0.05, 0) is 43.9 Å². The summed E-state index contributed by atoms with van der Waals surface area (Å²) in [4.78, 5) is 41.5. The van der Waals surface area contributed by atoms with Gasteiger partial charge >= 0.3 is 0 Å². The van der Waals surface area contributed by atoms with E-state index in [0.29, 0.717) is 12.0 Å². The lowest BCUT2D eigenvalue weighted by Gasteiger charge is -2.31. The summed E-state index contributed by atoms with van der Waals surface area (Å²) in [5.41, 5.74) is 2.59. The minimum Gasteiger partial charge on any atom is -0.352 e. The number of hydrogen-bond donors (Lipinski definition) is 2. The lowest BCUT2D eigenvalue weighted by Crippen LogP contribution is -2.57. The lowest BCUT2D eigenvalue weighted by atomic mass is 9.99. The fourth-order valence-electron chi connectivity index (χ4n) is 4.64. The van der Waals surface area contributed by atoms with Crippen LogP contribution in [0.1, 0.15) is 53.5 Å². The van der Waals surface area contributed by atoms with Crippen molar-refractivity contribution in [1.29, 1.82) is 0 Å². The van der Waals surface area contributed by atoms with Gasteiger partial charge in [0.15, 0.2) is 0 Å². The topological polar surface area (TPSA) is 78.5 Å². The second kappa shape index (κ2) is 7.96. The van der Waals surface area contributed by atoms with E-state index in [4.69, 9.17) is 0 Å². The molecule has 2 heterocycles. The Labute approximate surface area is 192 Å². The monoisotopic (exact) mass is 449 g/mol. The first kappa shape index (κ1) is 21.1. The maximum atomic E-state index is 13.6. The highest BCUT2D eigenvalue weighted by atomic mass is 32.2. The van der Waals surface area contributed by atoms with Crippen molar-refractivity contribution in [2.75, 3.05) is 0 Å². The third-order valence-corrected chi connectivity index (χ3v) is 7.92. The number of amides is 3. The SMILES string of the molecule is CC1(C)S[C@@H]2c3ccccc3C(=O)N2[C@@H]1C(=O)N[C@@H](Cc1ccccc1)C(=O)NC1CC1. The zero-order valence-electron chi connectivity index (χ0n) is 18.2. The molecular weight excluding hydrogens is 422 g/mol. The summed E-state index contributed by atoms with van der Waals surface area (Å²) < 4.78 is -0.484. The Kier molecular flexibility index (Phi) is 5.24. The third-order valence-electron chi connectivity index (χ3n) is 6.38. The van der Waals surface area contributed by atoms with Crippen LogP contribution in [0.15, 0.2) is 54.6 Å². The maximum absolute atomic E-state index is 13.6. The van der Waals surface area contributed by atoms with Crippen LogP contribution >= 0.6 is 11.8 Å². The van der Waals surface area contributed by atoms with E-state index in [-0.39, 0.29) is 29.1 Å². The van der Waals surface area contributed by atoms with Crippen molar-refractivity contribution in [3.05, 3.63) is 71.3 Å². The number of carbonyl (C=O) groups is 3. The maximum Gasteiger partial charge on any atom is 0.256 e. The minimum atomic E-state index is -0.689. The van der Waals surface area contributed by atoms with Gasteiger partial charge in [-0.2, -0.15) is 0 Å². The van der Waals surface area contributed by atoms with E-state index in [1.54, 1.807) is 16.7 Å². The molecule has 1 saturated heterocycles. The van der Waals surface area contributed by atoms with Crippen molar-refractivity contribution in [1.82, 2.24) is 15.5 Å². The molecule has 3 amide bonds. The first-order valence-electron chi connectivity index (χ1n) is 11.1. The standard InChI is InChI=1S/C25H27N3O3S/c1-25(2)20(28-23(31)17-10-6-7-11-18(17)24(28)32-25)22(30)27-19(21(29)26-16-12-13-16)14-15-8-4-3-5-9-15/h3-11,16,19-20,24H,12-14H2,1-2H3,(H,26,29)(H,27,30)/t19-,20+,24+/m0/s1. The summed E-state index contributed by atoms with van der Waals surface area (Å²) in [6.45, 7) is 3.99. The van der Waals surface area contributed by atoms with Crippen LogP contribution in [0.5, 0.6) is 0 Å². The first-order valence-corrected chi connectivity index (χ1v) is 12.0. The summed E-state index contributed by atoms with van der Waals surface area (Å²) >= 11 is 1.63. The minimum absolute atomic E-state index is 0.120. The molecule has 32 heavy (non-hydrogen) atoms. The van der Waals surface area contributed by atoms with Gasteiger partial charge in [-0.1, -0.05) is 48.5 Å². The van der Waals surface area contributed by atoms with E-state index in [1.165, 1.54) is 0 Å². The molecule has 3 aliphatic rings. The zero-order valence-corrected chi connectivity index (χ0v) is 19.0. The normalized spacial score (nSPS) is 23.9. The molecule has 2 aliphatic heterocycles. The van der Waals surface area contributed by atoms with E-state index in [0.717, 1.165) is 24.0 Å². The second-order valence-electron chi connectivity index (χ2n) is 9.31. The quantitative estimate of drug-likeness (QED) is 0.711. The van der Waals surface area contributed by atoms with Crippen LogP contribution in [-0.4, -0.2) is 45.5 Å². The van der Waals surface area contributed by atoms with Crippen LogP contribution < -0.4 is 10.6 Å². The number of fused-ring (bicyclic) bond motifs is 3.